The van der Waals surface area contributed by atoms with Crippen molar-refractivity contribution in [1.29, 1.82) is 0 Å². The summed E-state index contributed by atoms with van der Waals surface area (Å²) in [4.78, 5) is 37.6. The van der Waals surface area contributed by atoms with Crippen LogP contribution in [0.5, 0.6) is 0 Å². The standard InChI is InChI=1S/C21H23N3O4/c25-19-6-5-18(20(26)23-19)24-13-15-12-14(3-4-17(15)21(24)27)2-1-11-28-16-7-9-22-10-8-16/h3-4,12,16,18,22H,5-11,13H2,(H,23,25,26). The van der Waals surface area contributed by atoms with Crippen molar-refractivity contribution in [3.63, 3.8) is 0 Å². The van der Waals surface area contributed by atoms with E-state index in [0.29, 0.717) is 25.1 Å². The average molecular weight is 381 g/mol. The maximum absolute atomic E-state index is 12.7. The van der Waals surface area contributed by atoms with Gasteiger partial charge in [-0.1, -0.05) is 11.8 Å². The number of carbonyl (C=O) groups excluding carboxylic acids is 3. The number of imide groups is 1. The molecular formula is C21H23N3O4. The topological polar surface area (TPSA) is 87.7 Å². The smallest absolute Gasteiger partial charge is 0.255 e. The van der Waals surface area contributed by atoms with Crippen LogP contribution in [0.2, 0.25) is 0 Å². The number of piperidine rings is 2. The van der Waals surface area contributed by atoms with E-state index in [-0.39, 0.29) is 24.3 Å². The van der Waals surface area contributed by atoms with Crippen molar-refractivity contribution in [3.05, 3.63) is 34.9 Å². The Hall–Kier alpha value is -2.69. The van der Waals surface area contributed by atoms with E-state index in [0.717, 1.165) is 37.1 Å². The lowest BCUT2D eigenvalue weighted by Crippen LogP contribution is -2.52. The van der Waals surface area contributed by atoms with Crippen molar-refractivity contribution in [2.45, 2.75) is 44.4 Å². The lowest BCUT2D eigenvalue weighted by atomic mass is 10.0. The molecule has 3 aliphatic heterocycles. The van der Waals surface area contributed by atoms with Crippen molar-refractivity contribution in [1.82, 2.24) is 15.5 Å². The average Bonchev–Trinajstić information content (AvgIpc) is 3.02. The SMILES string of the molecule is O=C1CCC(N2Cc3cc(C#CCOC4CCNCC4)ccc3C2=O)C(=O)N1. The molecular weight excluding hydrogens is 358 g/mol. The molecule has 2 N–H and O–H groups in total. The van der Waals surface area contributed by atoms with Gasteiger partial charge in [0.25, 0.3) is 5.91 Å². The summed E-state index contributed by atoms with van der Waals surface area (Å²) in [6, 6.07) is 4.89. The quantitative estimate of drug-likeness (QED) is 0.590. The van der Waals surface area contributed by atoms with Gasteiger partial charge < -0.3 is 15.0 Å². The van der Waals surface area contributed by atoms with Crippen LogP contribution in [0, 0.1) is 11.8 Å². The number of benzene rings is 1. The van der Waals surface area contributed by atoms with E-state index in [9.17, 15) is 14.4 Å². The molecule has 4 rings (SSSR count). The Morgan fingerprint density at radius 3 is 2.75 bits per heavy atom. The van der Waals surface area contributed by atoms with Gasteiger partial charge in [-0.3, -0.25) is 19.7 Å². The Morgan fingerprint density at radius 2 is 1.96 bits per heavy atom. The third kappa shape index (κ3) is 3.93. The first-order valence-electron chi connectivity index (χ1n) is 9.70. The molecule has 1 aromatic carbocycles. The normalized spacial score (nSPS) is 22.5. The second kappa shape index (κ2) is 8.13. The van der Waals surface area contributed by atoms with Gasteiger partial charge in [-0.2, -0.15) is 0 Å². The number of nitrogens with zero attached hydrogens (tertiary/aromatic N) is 1. The summed E-state index contributed by atoms with van der Waals surface area (Å²) in [6.45, 7) is 2.73. The first-order valence-corrected chi connectivity index (χ1v) is 9.70. The molecule has 3 aliphatic rings. The molecule has 0 saturated carbocycles. The highest BCUT2D eigenvalue weighted by Crippen LogP contribution is 2.28. The van der Waals surface area contributed by atoms with Gasteiger partial charge in [0, 0.05) is 24.1 Å². The van der Waals surface area contributed by atoms with Crippen LogP contribution in [0.4, 0.5) is 0 Å². The van der Waals surface area contributed by atoms with Crippen LogP contribution < -0.4 is 10.6 Å². The van der Waals surface area contributed by atoms with Crippen LogP contribution in [0.15, 0.2) is 18.2 Å². The second-order valence-corrected chi connectivity index (χ2v) is 7.33. The molecule has 146 valence electrons. The number of rotatable bonds is 3. The Kier molecular flexibility index (Phi) is 5.42. The molecule has 0 spiro atoms. The third-order valence-electron chi connectivity index (χ3n) is 5.43. The van der Waals surface area contributed by atoms with Gasteiger partial charge in [-0.25, -0.2) is 0 Å². The van der Waals surface area contributed by atoms with Crippen molar-refractivity contribution in [2.24, 2.45) is 0 Å². The highest BCUT2D eigenvalue weighted by molar-refractivity contribution is 6.05. The first kappa shape index (κ1) is 18.7. The Bertz CT molecular complexity index is 864. The van der Waals surface area contributed by atoms with Gasteiger partial charge >= 0.3 is 0 Å². The van der Waals surface area contributed by atoms with E-state index >= 15 is 0 Å². The molecule has 0 aromatic heterocycles. The van der Waals surface area contributed by atoms with Crippen LogP contribution in [-0.4, -0.2) is 54.5 Å². The van der Waals surface area contributed by atoms with E-state index in [1.165, 1.54) is 0 Å². The highest BCUT2D eigenvalue weighted by Gasteiger charge is 2.38. The molecule has 1 atom stereocenters. The number of nitrogens with one attached hydrogen (secondary N) is 2. The molecule has 3 heterocycles. The summed E-state index contributed by atoms with van der Waals surface area (Å²) in [5, 5.41) is 5.62. The Balaban J connectivity index is 1.39. The van der Waals surface area contributed by atoms with Gasteiger partial charge in [0.1, 0.15) is 12.6 Å². The molecule has 7 nitrogen and oxygen atoms in total. The third-order valence-corrected chi connectivity index (χ3v) is 5.43. The molecule has 1 unspecified atom stereocenters. The highest BCUT2D eigenvalue weighted by atomic mass is 16.5. The predicted octanol–water partition coefficient (Wildman–Crippen LogP) is 0.568. The summed E-state index contributed by atoms with van der Waals surface area (Å²) in [7, 11) is 0. The van der Waals surface area contributed by atoms with Crippen molar-refractivity contribution in [3.8, 4) is 11.8 Å². The number of carbonyl (C=O) groups is 3. The maximum atomic E-state index is 12.7. The van der Waals surface area contributed by atoms with E-state index in [2.05, 4.69) is 22.5 Å². The molecule has 0 radical (unpaired) electrons. The summed E-state index contributed by atoms with van der Waals surface area (Å²) < 4.78 is 5.78. The lowest BCUT2D eigenvalue weighted by Gasteiger charge is -2.29. The van der Waals surface area contributed by atoms with Crippen LogP contribution in [0.25, 0.3) is 0 Å². The Morgan fingerprint density at radius 1 is 1.14 bits per heavy atom. The molecule has 28 heavy (non-hydrogen) atoms. The van der Waals surface area contributed by atoms with Gasteiger partial charge in [0.15, 0.2) is 0 Å². The molecule has 0 bridgehead atoms. The summed E-state index contributed by atoms with van der Waals surface area (Å²) in [5.41, 5.74) is 2.28. The summed E-state index contributed by atoms with van der Waals surface area (Å²) >= 11 is 0. The van der Waals surface area contributed by atoms with E-state index in [4.69, 9.17) is 4.74 Å². The number of hydrogen-bond acceptors (Lipinski definition) is 5. The number of hydrogen-bond donors (Lipinski definition) is 2. The first-order chi connectivity index (χ1) is 13.6. The van der Waals surface area contributed by atoms with E-state index in [1.807, 2.05) is 12.1 Å². The van der Waals surface area contributed by atoms with Gasteiger partial charge in [-0.05, 0) is 56.1 Å². The molecule has 0 aliphatic carbocycles. The van der Waals surface area contributed by atoms with Crippen molar-refractivity contribution in [2.75, 3.05) is 19.7 Å². The molecule has 3 amide bonds. The van der Waals surface area contributed by atoms with Crippen LogP contribution >= 0.6 is 0 Å². The van der Waals surface area contributed by atoms with Crippen molar-refractivity contribution >= 4 is 17.7 Å². The van der Waals surface area contributed by atoms with Crippen molar-refractivity contribution < 1.29 is 19.1 Å². The van der Waals surface area contributed by atoms with Crippen LogP contribution in [0.1, 0.15) is 47.2 Å². The number of fused-ring (bicyclic) bond motifs is 1. The summed E-state index contributed by atoms with van der Waals surface area (Å²) in [6.07, 6.45) is 2.92. The largest absolute Gasteiger partial charge is 0.365 e. The zero-order valence-corrected chi connectivity index (χ0v) is 15.6. The molecule has 2 fully saturated rings. The summed E-state index contributed by atoms with van der Waals surface area (Å²) in [5.74, 6) is 5.29. The van der Waals surface area contributed by atoms with Gasteiger partial charge in [-0.15, -0.1) is 0 Å². The predicted molar refractivity (Wildman–Crippen MR) is 101 cm³/mol. The van der Waals surface area contributed by atoms with Gasteiger partial charge in [0.2, 0.25) is 11.8 Å². The second-order valence-electron chi connectivity index (χ2n) is 7.33. The Labute approximate surface area is 163 Å². The van der Waals surface area contributed by atoms with Crippen LogP contribution in [-0.2, 0) is 20.9 Å². The minimum Gasteiger partial charge on any atom is -0.365 e. The monoisotopic (exact) mass is 381 g/mol. The fraction of sp³-hybridized carbons (Fsp3) is 0.476. The van der Waals surface area contributed by atoms with Crippen LogP contribution in [0.3, 0.4) is 0 Å². The molecule has 1 aromatic rings. The molecule has 7 heteroatoms. The minimum absolute atomic E-state index is 0.168. The minimum atomic E-state index is -0.592. The number of amides is 3. The fourth-order valence-corrected chi connectivity index (χ4v) is 3.91. The van der Waals surface area contributed by atoms with Gasteiger partial charge in [0.05, 0.1) is 6.10 Å². The number of ether oxygens (including phenoxy) is 1. The molecule has 2 saturated heterocycles. The van der Waals surface area contributed by atoms with E-state index < -0.39 is 11.9 Å². The zero-order chi connectivity index (χ0) is 19.5. The fourth-order valence-electron chi connectivity index (χ4n) is 3.91. The lowest BCUT2D eigenvalue weighted by molar-refractivity contribution is -0.136. The maximum Gasteiger partial charge on any atom is 0.255 e. The zero-order valence-electron chi connectivity index (χ0n) is 15.6. The van der Waals surface area contributed by atoms with E-state index in [1.54, 1.807) is 11.0 Å².